The lowest BCUT2D eigenvalue weighted by Crippen LogP contribution is -2.14. The Balaban J connectivity index is 2.90. The maximum Gasteiger partial charge on any atom is 0.278 e. The first kappa shape index (κ1) is 9.01. The van der Waals surface area contributed by atoms with E-state index in [1.54, 1.807) is 0 Å². The summed E-state index contributed by atoms with van der Waals surface area (Å²) in [5.74, 6) is 0. The third-order valence-electron chi connectivity index (χ3n) is 1.06. The molecule has 0 aromatic heterocycles. The van der Waals surface area contributed by atoms with E-state index in [9.17, 15) is 0 Å². The summed E-state index contributed by atoms with van der Waals surface area (Å²) in [5, 5.41) is 6.71. The van der Waals surface area contributed by atoms with Gasteiger partial charge in [-0.3, -0.25) is 5.41 Å². The zero-order chi connectivity index (χ0) is 7.82. The summed E-state index contributed by atoms with van der Waals surface area (Å²) >= 11 is 0. The molecular formula is C7H14N2O. The van der Waals surface area contributed by atoms with Crippen molar-refractivity contribution >= 4 is 6.02 Å². The van der Waals surface area contributed by atoms with Crippen LogP contribution in [0, 0.1) is 5.41 Å². The number of hydrogen-bond acceptors (Lipinski definition) is 2. The first-order valence-electron chi connectivity index (χ1n) is 3.35. The molecule has 0 saturated carbocycles. The van der Waals surface area contributed by atoms with E-state index < -0.39 is 0 Å². The van der Waals surface area contributed by atoms with Crippen LogP contribution in [0.1, 0.15) is 19.3 Å². The highest BCUT2D eigenvalue weighted by Crippen LogP contribution is 1.95. The molecule has 3 N–H and O–H groups in total. The summed E-state index contributed by atoms with van der Waals surface area (Å²) in [6, 6.07) is -0.196. The quantitative estimate of drug-likeness (QED) is 0.263. The van der Waals surface area contributed by atoms with Crippen molar-refractivity contribution in [2.24, 2.45) is 5.73 Å². The van der Waals surface area contributed by atoms with E-state index in [4.69, 9.17) is 15.9 Å². The highest BCUT2D eigenvalue weighted by atomic mass is 16.5. The number of allylic oxidation sites excluding steroid dienone is 1. The monoisotopic (exact) mass is 142 g/mol. The fourth-order valence-electron chi connectivity index (χ4n) is 0.573. The average Bonchev–Trinajstić information content (AvgIpc) is 1.87. The maximum atomic E-state index is 6.71. The van der Waals surface area contributed by atoms with Crippen LogP contribution in [0.25, 0.3) is 0 Å². The van der Waals surface area contributed by atoms with Crippen LogP contribution in [0.2, 0.25) is 0 Å². The largest absolute Gasteiger partial charge is 0.466 e. The molecule has 0 radical (unpaired) electrons. The van der Waals surface area contributed by atoms with Gasteiger partial charge in [0.15, 0.2) is 0 Å². The Kier molecular flexibility index (Phi) is 5.53. The molecule has 3 nitrogen and oxygen atoms in total. The van der Waals surface area contributed by atoms with Crippen LogP contribution in [-0.2, 0) is 4.74 Å². The van der Waals surface area contributed by atoms with Crippen LogP contribution in [0.4, 0.5) is 0 Å². The number of unbranched alkanes of at least 4 members (excludes halogenated alkanes) is 2. The molecule has 0 aliphatic carbocycles. The summed E-state index contributed by atoms with van der Waals surface area (Å²) in [6.07, 6.45) is 4.86. The van der Waals surface area contributed by atoms with Gasteiger partial charge in [0.2, 0.25) is 0 Å². The third-order valence-corrected chi connectivity index (χ3v) is 1.06. The molecule has 58 valence electrons. The van der Waals surface area contributed by atoms with Crippen molar-refractivity contribution in [3.8, 4) is 0 Å². The van der Waals surface area contributed by atoms with Gasteiger partial charge in [-0.15, -0.1) is 6.58 Å². The molecule has 10 heavy (non-hydrogen) atoms. The predicted molar refractivity (Wildman–Crippen MR) is 41.9 cm³/mol. The SMILES string of the molecule is C=CCCCCOC(=N)N. The summed E-state index contributed by atoms with van der Waals surface area (Å²) in [4.78, 5) is 0. The zero-order valence-electron chi connectivity index (χ0n) is 6.10. The van der Waals surface area contributed by atoms with Crippen molar-refractivity contribution in [1.29, 1.82) is 5.41 Å². The number of nitrogens with one attached hydrogen (secondary N) is 1. The van der Waals surface area contributed by atoms with Gasteiger partial charge < -0.3 is 10.5 Å². The molecule has 3 heteroatoms. The van der Waals surface area contributed by atoms with E-state index >= 15 is 0 Å². The van der Waals surface area contributed by atoms with Gasteiger partial charge in [-0.05, 0) is 19.3 Å². The second-order valence-corrected chi connectivity index (χ2v) is 2.00. The van der Waals surface area contributed by atoms with E-state index in [0.29, 0.717) is 6.61 Å². The molecule has 0 aliphatic rings. The predicted octanol–water partition coefficient (Wildman–Crippen LogP) is 1.25. The summed E-state index contributed by atoms with van der Waals surface area (Å²) < 4.78 is 4.72. The minimum absolute atomic E-state index is 0.196. The van der Waals surface area contributed by atoms with Crippen LogP contribution in [-0.4, -0.2) is 12.6 Å². The van der Waals surface area contributed by atoms with Crippen molar-refractivity contribution in [2.45, 2.75) is 19.3 Å². The Labute approximate surface area is 61.4 Å². The first-order chi connectivity index (χ1) is 4.77. The number of hydrogen-bond donors (Lipinski definition) is 2. The molecule has 0 bridgehead atoms. The molecule has 0 fully saturated rings. The molecule has 0 unspecified atom stereocenters. The third kappa shape index (κ3) is 7.01. The number of rotatable bonds is 5. The van der Waals surface area contributed by atoms with Gasteiger partial charge >= 0.3 is 0 Å². The highest BCUT2D eigenvalue weighted by molar-refractivity contribution is 5.67. The minimum atomic E-state index is -0.196. The zero-order valence-corrected chi connectivity index (χ0v) is 6.10. The van der Waals surface area contributed by atoms with Gasteiger partial charge in [0, 0.05) is 0 Å². The average molecular weight is 142 g/mol. The lowest BCUT2D eigenvalue weighted by atomic mass is 10.2. The molecule has 0 spiro atoms. The molecule has 0 heterocycles. The molecule has 0 aliphatic heterocycles. The van der Waals surface area contributed by atoms with Gasteiger partial charge in [-0.2, -0.15) is 0 Å². The number of nitrogens with two attached hydrogens (primary N) is 1. The van der Waals surface area contributed by atoms with Crippen molar-refractivity contribution in [2.75, 3.05) is 6.61 Å². The normalized spacial score (nSPS) is 8.80. The molecular weight excluding hydrogens is 128 g/mol. The minimum Gasteiger partial charge on any atom is -0.466 e. The Hall–Kier alpha value is -0.990. The van der Waals surface area contributed by atoms with Crippen LogP contribution in [0.5, 0.6) is 0 Å². The Morgan fingerprint density at radius 1 is 1.60 bits per heavy atom. The van der Waals surface area contributed by atoms with E-state index in [1.165, 1.54) is 0 Å². The molecule has 0 saturated heterocycles. The van der Waals surface area contributed by atoms with Crippen LogP contribution < -0.4 is 5.73 Å². The highest BCUT2D eigenvalue weighted by Gasteiger charge is 1.88. The lowest BCUT2D eigenvalue weighted by Gasteiger charge is -2.00. The maximum absolute atomic E-state index is 6.71. The van der Waals surface area contributed by atoms with Gasteiger partial charge in [0.25, 0.3) is 6.02 Å². The molecule has 0 amide bonds. The van der Waals surface area contributed by atoms with Gasteiger partial charge in [0.05, 0.1) is 6.61 Å². The van der Waals surface area contributed by atoms with E-state index in [2.05, 4.69) is 6.58 Å². The molecule has 0 aromatic rings. The van der Waals surface area contributed by atoms with Crippen molar-refractivity contribution in [3.05, 3.63) is 12.7 Å². The van der Waals surface area contributed by atoms with E-state index in [1.807, 2.05) is 6.08 Å². The Bertz CT molecular complexity index is 112. The van der Waals surface area contributed by atoms with Crippen molar-refractivity contribution in [1.82, 2.24) is 0 Å². The summed E-state index contributed by atoms with van der Waals surface area (Å²) in [5.41, 5.74) is 4.95. The second kappa shape index (κ2) is 6.13. The first-order valence-corrected chi connectivity index (χ1v) is 3.35. The fraction of sp³-hybridized carbons (Fsp3) is 0.571. The van der Waals surface area contributed by atoms with Gasteiger partial charge in [-0.1, -0.05) is 6.08 Å². The summed E-state index contributed by atoms with van der Waals surface area (Å²) in [6.45, 7) is 4.13. The number of amidine groups is 1. The van der Waals surface area contributed by atoms with Crippen molar-refractivity contribution < 1.29 is 4.74 Å². The standard InChI is InChI=1S/C7H14N2O/c1-2-3-4-5-6-10-7(8)9/h2H,1,3-6H2,(H3,8,9). The smallest absolute Gasteiger partial charge is 0.278 e. The summed E-state index contributed by atoms with van der Waals surface area (Å²) in [7, 11) is 0. The second-order valence-electron chi connectivity index (χ2n) is 2.00. The van der Waals surface area contributed by atoms with Crippen molar-refractivity contribution in [3.63, 3.8) is 0 Å². The van der Waals surface area contributed by atoms with Crippen LogP contribution in [0.15, 0.2) is 12.7 Å². The van der Waals surface area contributed by atoms with E-state index in [-0.39, 0.29) is 6.02 Å². The molecule has 0 aromatic carbocycles. The van der Waals surface area contributed by atoms with Crippen LogP contribution >= 0.6 is 0 Å². The van der Waals surface area contributed by atoms with Crippen LogP contribution in [0.3, 0.4) is 0 Å². The Morgan fingerprint density at radius 3 is 2.80 bits per heavy atom. The van der Waals surface area contributed by atoms with E-state index in [0.717, 1.165) is 19.3 Å². The Morgan fingerprint density at radius 2 is 2.30 bits per heavy atom. The number of ether oxygens (including phenoxy) is 1. The van der Waals surface area contributed by atoms with Gasteiger partial charge in [-0.25, -0.2) is 0 Å². The van der Waals surface area contributed by atoms with Gasteiger partial charge in [0.1, 0.15) is 0 Å². The fourth-order valence-corrected chi connectivity index (χ4v) is 0.573. The molecule has 0 rings (SSSR count). The molecule has 0 atom stereocenters. The lowest BCUT2D eigenvalue weighted by molar-refractivity contribution is 0.287. The topological polar surface area (TPSA) is 59.1 Å².